The van der Waals surface area contributed by atoms with Crippen molar-refractivity contribution in [1.29, 1.82) is 0 Å². The lowest BCUT2D eigenvalue weighted by atomic mass is 10.0. The average Bonchev–Trinajstić information content (AvgIpc) is 3.29. The maximum Gasteiger partial charge on any atom is 0.255 e. The molecule has 162 valence electrons. The van der Waals surface area contributed by atoms with Gasteiger partial charge in [-0.3, -0.25) is 4.79 Å². The Morgan fingerprint density at radius 3 is 2.71 bits per heavy atom. The quantitative estimate of drug-likeness (QED) is 0.512. The molecule has 1 amide bonds. The van der Waals surface area contributed by atoms with Gasteiger partial charge >= 0.3 is 0 Å². The van der Waals surface area contributed by atoms with Gasteiger partial charge in [-0.05, 0) is 54.5 Å². The van der Waals surface area contributed by atoms with Crippen LogP contribution in [0.4, 0.5) is 5.69 Å². The second-order valence-electron chi connectivity index (χ2n) is 7.73. The summed E-state index contributed by atoms with van der Waals surface area (Å²) in [5.74, 6) is -0.0910. The first-order chi connectivity index (χ1) is 14.9. The van der Waals surface area contributed by atoms with Gasteiger partial charge in [0.05, 0.1) is 5.02 Å². The first-order valence-electron chi connectivity index (χ1n) is 10.1. The van der Waals surface area contributed by atoms with E-state index in [1.54, 1.807) is 17.4 Å². The molecule has 2 heterocycles. The Balaban J connectivity index is 1.63. The second-order valence-corrected chi connectivity index (χ2v) is 11.0. The van der Waals surface area contributed by atoms with Crippen LogP contribution in [-0.4, -0.2) is 31.7 Å². The zero-order chi connectivity index (χ0) is 22.0. The molecule has 1 aromatic heterocycles. The van der Waals surface area contributed by atoms with Crippen LogP contribution >= 0.6 is 22.9 Å². The van der Waals surface area contributed by atoms with Crippen molar-refractivity contribution < 1.29 is 13.2 Å². The number of sulfonamides is 1. The third-order valence-electron chi connectivity index (χ3n) is 5.39. The van der Waals surface area contributed by atoms with Crippen LogP contribution < -0.4 is 5.32 Å². The van der Waals surface area contributed by atoms with E-state index in [0.29, 0.717) is 24.7 Å². The zero-order valence-corrected chi connectivity index (χ0v) is 19.4. The largest absolute Gasteiger partial charge is 0.321 e. The average molecular weight is 475 g/mol. The second kappa shape index (κ2) is 9.12. The van der Waals surface area contributed by atoms with E-state index in [1.807, 2.05) is 48.7 Å². The highest BCUT2D eigenvalue weighted by molar-refractivity contribution is 7.89. The molecule has 2 aromatic carbocycles. The Morgan fingerprint density at radius 1 is 1.16 bits per heavy atom. The lowest BCUT2D eigenvalue weighted by Crippen LogP contribution is -2.39. The van der Waals surface area contributed by atoms with Crippen LogP contribution in [0.15, 0.2) is 64.9 Å². The normalized spacial score (nSPS) is 17.4. The molecule has 8 heteroatoms. The van der Waals surface area contributed by atoms with Gasteiger partial charge in [-0.2, -0.15) is 4.31 Å². The third kappa shape index (κ3) is 4.70. The molecule has 1 unspecified atom stereocenters. The highest BCUT2D eigenvalue weighted by Gasteiger charge is 2.31. The number of amides is 1. The molecule has 1 aliphatic rings. The summed E-state index contributed by atoms with van der Waals surface area (Å²) in [6.07, 6.45) is 1.82. The van der Waals surface area contributed by atoms with Crippen LogP contribution in [0.5, 0.6) is 0 Å². The molecule has 0 aliphatic carbocycles. The van der Waals surface area contributed by atoms with Crippen LogP contribution in [0.2, 0.25) is 5.02 Å². The third-order valence-corrected chi connectivity index (χ3v) is 8.64. The van der Waals surface area contributed by atoms with Gasteiger partial charge in [0.25, 0.3) is 5.91 Å². The summed E-state index contributed by atoms with van der Waals surface area (Å²) in [6, 6.07) is 15.9. The van der Waals surface area contributed by atoms with Crippen molar-refractivity contribution in [3.05, 3.63) is 70.6 Å². The van der Waals surface area contributed by atoms with Gasteiger partial charge in [0, 0.05) is 34.8 Å². The predicted molar refractivity (Wildman–Crippen MR) is 126 cm³/mol. The summed E-state index contributed by atoms with van der Waals surface area (Å²) in [5.41, 5.74) is 1.82. The Hall–Kier alpha value is -2.19. The summed E-state index contributed by atoms with van der Waals surface area (Å²) < 4.78 is 27.9. The zero-order valence-electron chi connectivity index (χ0n) is 17.0. The number of thiophene rings is 1. The fraction of sp³-hybridized carbons (Fsp3) is 0.261. The molecule has 1 saturated heterocycles. The molecule has 0 spiro atoms. The first-order valence-corrected chi connectivity index (χ1v) is 12.8. The molecule has 1 N–H and O–H groups in total. The molecule has 0 radical (unpaired) electrons. The number of nitrogens with one attached hydrogen (secondary N) is 1. The smallest absolute Gasteiger partial charge is 0.255 e. The van der Waals surface area contributed by atoms with Crippen LogP contribution in [-0.2, 0) is 10.0 Å². The molecule has 1 aliphatic heterocycles. The van der Waals surface area contributed by atoms with E-state index >= 15 is 0 Å². The van der Waals surface area contributed by atoms with Crippen molar-refractivity contribution >= 4 is 44.6 Å². The fourth-order valence-corrected chi connectivity index (χ4v) is 6.64. The monoisotopic (exact) mass is 474 g/mol. The molecule has 0 bridgehead atoms. The molecular weight excluding hydrogens is 452 g/mol. The Morgan fingerprint density at radius 2 is 1.97 bits per heavy atom. The lowest BCUT2D eigenvalue weighted by Gasteiger charge is -2.30. The minimum atomic E-state index is -3.78. The van der Waals surface area contributed by atoms with Gasteiger partial charge in [-0.25, -0.2) is 8.42 Å². The molecule has 5 nitrogen and oxygen atoms in total. The SMILES string of the molecule is CC1CCCN(S(=O)(=O)c2cc(C(=O)Nc3ccccc3-c3cccs3)ccc2Cl)C1. The van der Waals surface area contributed by atoms with Crippen LogP contribution in [0.1, 0.15) is 30.1 Å². The number of hydrogen-bond acceptors (Lipinski definition) is 4. The van der Waals surface area contributed by atoms with Gasteiger partial charge in [0.1, 0.15) is 4.90 Å². The Bertz CT molecular complexity index is 1190. The number of para-hydroxylation sites is 1. The number of benzene rings is 2. The molecule has 0 saturated carbocycles. The standard InChI is InChI=1S/C23H23ClN2O3S2/c1-16-6-4-12-26(15-16)31(28,29)22-14-17(10-11-19(22)24)23(27)25-20-8-3-2-7-18(20)21-9-5-13-30-21/h2-3,5,7-11,13-14,16H,4,6,12,15H2,1H3,(H,25,27). The Kier molecular flexibility index (Phi) is 6.48. The Labute approximate surface area is 191 Å². The number of hydrogen-bond donors (Lipinski definition) is 1. The maximum absolute atomic E-state index is 13.2. The summed E-state index contributed by atoms with van der Waals surface area (Å²) in [5, 5.41) is 5.01. The van der Waals surface area contributed by atoms with E-state index in [-0.39, 0.29) is 21.4 Å². The molecule has 1 fully saturated rings. The van der Waals surface area contributed by atoms with Gasteiger partial charge < -0.3 is 5.32 Å². The van der Waals surface area contributed by atoms with Crippen molar-refractivity contribution in [3.63, 3.8) is 0 Å². The lowest BCUT2D eigenvalue weighted by molar-refractivity contribution is 0.102. The van der Waals surface area contributed by atoms with E-state index in [2.05, 4.69) is 5.32 Å². The van der Waals surface area contributed by atoms with E-state index in [0.717, 1.165) is 23.3 Å². The molecule has 4 rings (SSSR count). The maximum atomic E-state index is 13.2. The number of carbonyl (C=O) groups is 1. The van der Waals surface area contributed by atoms with E-state index in [1.165, 1.54) is 16.4 Å². The molecule has 1 atom stereocenters. The predicted octanol–water partition coefficient (Wildman–Crippen LogP) is 5.74. The van der Waals surface area contributed by atoms with E-state index in [4.69, 9.17) is 11.6 Å². The van der Waals surface area contributed by atoms with Crippen LogP contribution in [0, 0.1) is 5.92 Å². The van der Waals surface area contributed by atoms with E-state index in [9.17, 15) is 13.2 Å². The van der Waals surface area contributed by atoms with Gasteiger partial charge in [0.2, 0.25) is 10.0 Å². The van der Waals surface area contributed by atoms with Crippen molar-refractivity contribution in [3.8, 4) is 10.4 Å². The van der Waals surface area contributed by atoms with E-state index < -0.39 is 10.0 Å². The number of anilines is 1. The number of nitrogens with zero attached hydrogens (tertiary/aromatic N) is 1. The number of halogens is 1. The van der Waals surface area contributed by atoms with Crippen molar-refractivity contribution in [2.75, 3.05) is 18.4 Å². The molecule has 31 heavy (non-hydrogen) atoms. The number of rotatable bonds is 5. The molecule has 3 aromatic rings. The number of piperidine rings is 1. The van der Waals surface area contributed by atoms with Crippen molar-refractivity contribution in [2.24, 2.45) is 5.92 Å². The summed E-state index contributed by atoms with van der Waals surface area (Å²) >= 11 is 7.84. The fourth-order valence-electron chi connectivity index (χ4n) is 3.78. The van der Waals surface area contributed by atoms with Gasteiger partial charge in [-0.15, -0.1) is 11.3 Å². The van der Waals surface area contributed by atoms with Gasteiger partial charge in [0.15, 0.2) is 0 Å². The van der Waals surface area contributed by atoms with Crippen LogP contribution in [0.3, 0.4) is 0 Å². The van der Waals surface area contributed by atoms with Crippen molar-refractivity contribution in [2.45, 2.75) is 24.7 Å². The summed E-state index contributed by atoms with van der Waals surface area (Å²) in [7, 11) is -3.78. The first kappa shape index (κ1) is 22.0. The molecular formula is C23H23ClN2O3S2. The highest BCUT2D eigenvalue weighted by atomic mass is 35.5. The minimum Gasteiger partial charge on any atom is -0.321 e. The highest BCUT2D eigenvalue weighted by Crippen LogP contribution is 2.33. The summed E-state index contributed by atoms with van der Waals surface area (Å²) in [4.78, 5) is 14.0. The number of carbonyl (C=O) groups excluding carboxylic acids is 1. The van der Waals surface area contributed by atoms with Crippen molar-refractivity contribution in [1.82, 2.24) is 4.31 Å². The summed E-state index contributed by atoms with van der Waals surface area (Å²) in [6.45, 7) is 2.97. The van der Waals surface area contributed by atoms with Gasteiger partial charge in [-0.1, -0.05) is 42.8 Å². The minimum absolute atomic E-state index is 0.0255. The topological polar surface area (TPSA) is 66.5 Å². The van der Waals surface area contributed by atoms with Crippen LogP contribution in [0.25, 0.3) is 10.4 Å².